The molecule has 0 aromatic carbocycles. The molecule has 0 aromatic rings. The van der Waals surface area contributed by atoms with Crippen molar-refractivity contribution in [2.45, 2.75) is 356 Å². The normalized spacial score (nSPS) is 14.3. The Kier molecular flexibility index (Phi) is 57.8. The van der Waals surface area contributed by atoms with Gasteiger partial charge >= 0.3 is 39.5 Å². The third kappa shape index (κ3) is 62.6. The summed E-state index contributed by atoms with van der Waals surface area (Å²) in [5, 5.41) is 10.6. The van der Waals surface area contributed by atoms with E-state index in [0.29, 0.717) is 37.5 Å². The summed E-state index contributed by atoms with van der Waals surface area (Å²) in [5.41, 5.74) is 0. The highest BCUT2D eigenvalue weighted by atomic mass is 31.2. The van der Waals surface area contributed by atoms with Crippen LogP contribution in [0.2, 0.25) is 0 Å². The van der Waals surface area contributed by atoms with E-state index in [2.05, 4.69) is 48.5 Å². The summed E-state index contributed by atoms with van der Waals surface area (Å²) in [6, 6.07) is 0. The highest BCUT2D eigenvalue weighted by Gasteiger charge is 2.30. The first-order chi connectivity index (χ1) is 41.7. The first-order valence-electron chi connectivity index (χ1n) is 35.3. The third-order valence-corrected chi connectivity index (χ3v) is 17.5. The molecule has 0 aliphatic rings. The summed E-state index contributed by atoms with van der Waals surface area (Å²) < 4.78 is 68.1. The summed E-state index contributed by atoms with van der Waals surface area (Å²) in [4.78, 5) is 72.4. The Hall–Kier alpha value is -1.94. The summed E-state index contributed by atoms with van der Waals surface area (Å²) >= 11 is 0. The zero-order valence-corrected chi connectivity index (χ0v) is 58.3. The third-order valence-electron chi connectivity index (χ3n) is 15.6. The van der Waals surface area contributed by atoms with Gasteiger partial charge in [-0.1, -0.05) is 286 Å². The fourth-order valence-electron chi connectivity index (χ4n) is 10.2. The van der Waals surface area contributed by atoms with Gasteiger partial charge in [0.1, 0.15) is 19.3 Å². The topological polar surface area (TPSA) is 237 Å². The number of hydrogen-bond acceptors (Lipinski definition) is 15. The second-order valence-electron chi connectivity index (χ2n) is 26.0. The molecule has 0 radical (unpaired) electrons. The molecular formula is C68H132O17P2. The molecule has 0 aromatic heterocycles. The van der Waals surface area contributed by atoms with E-state index in [1.807, 2.05) is 0 Å². The number of rotatable bonds is 66. The van der Waals surface area contributed by atoms with E-state index in [1.54, 1.807) is 0 Å². The van der Waals surface area contributed by atoms with Gasteiger partial charge in [-0.2, -0.15) is 0 Å². The number of ether oxygens (including phenoxy) is 4. The molecule has 2 unspecified atom stereocenters. The van der Waals surface area contributed by atoms with Crippen LogP contribution in [0.1, 0.15) is 337 Å². The number of aliphatic hydroxyl groups excluding tert-OH is 1. The molecule has 0 saturated carbocycles. The minimum Gasteiger partial charge on any atom is -0.462 e. The lowest BCUT2D eigenvalue weighted by Gasteiger charge is -2.21. The maximum atomic E-state index is 13.0. The number of unbranched alkanes of at least 4 members (excludes halogenated alkanes) is 34. The first-order valence-corrected chi connectivity index (χ1v) is 38.3. The Labute approximate surface area is 530 Å². The molecule has 17 nitrogen and oxygen atoms in total. The van der Waals surface area contributed by atoms with Gasteiger partial charge < -0.3 is 33.8 Å². The van der Waals surface area contributed by atoms with Crippen LogP contribution in [-0.4, -0.2) is 96.7 Å². The zero-order chi connectivity index (χ0) is 64.5. The van der Waals surface area contributed by atoms with Crippen LogP contribution >= 0.6 is 15.6 Å². The first kappa shape index (κ1) is 85.1. The van der Waals surface area contributed by atoms with Crippen LogP contribution in [0.3, 0.4) is 0 Å². The Morgan fingerprint density at radius 2 is 0.529 bits per heavy atom. The van der Waals surface area contributed by atoms with Crippen molar-refractivity contribution in [1.29, 1.82) is 0 Å². The summed E-state index contributed by atoms with van der Waals surface area (Å²) in [7, 11) is -9.90. The molecule has 5 atom stereocenters. The minimum atomic E-state index is -4.95. The molecule has 0 spiro atoms. The molecule has 87 heavy (non-hydrogen) atoms. The molecule has 0 aliphatic heterocycles. The van der Waals surface area contributed by atoms with Crippen molar-refractivity contribution in [3.63, 3.8) is 0 Å². The Morgan fingerprint density at radius 1 is 0.310 bits per heavy atom. The largest absolute Gasteiger partial charge is 0.472 e. The number of aliphatic hydroxyl groups is 1. The molecule has 0 aliphatic carbocycles. The summed E-state index contributed by atoms with van der Waals surface area (Å²) in [6.45, 7) is 11.7. The predicted molar refractivity (Wildman–Crippen MR) is 349 cm³/mol. The molecule has 19 heteroatoms. The Balaban J connectivity index is 5.23. The van der Waals surface area contributed by atoms with E-state index in [0.717, 1.165) is 102 Å². The molecule has 0 bridgehead atoms. The zero-order valence-electron chi connectivity index (χ0n) is 56.5. The lowest BCUT2D eigenvalue weighted by atomic mass is 10.0. The average molecular weight is 1280 g/mol. The van der Waals surface area contributed by atoms with Gasteiger partial charge in [0.15, 0.2) is 12.2 Å². The predicted octanol–water partition coefficient (Wildman–Crippen LogP) is 19.1. The summed E-state index contributed by atoms with van der Waals surface area (Å²) in [6.07, 6.45) is 41.9. The second-order valence-corrected chi connectivity index (χ2v) is 28.9. The van der Waals surface area contributed by atoms with Gasteiger partial charge in [-0.3, -0.25) is 37.3 Å². The lowest BCUT2D eigenvalue weighted by molar-refractivity contribution is -0.161. The molecule has 516 valence electrons. The summed E-state index contributed by atoms with van der Waals surface area (Å²) in [5.74, 6) is -0.00537. The maximum absolute atomic E-state index is 13.0. The molecule has 3 N–H and O–H groups in total. The highest BCUT2D eigenvalue weighted by molar-refractivity contribution is 7.47. The van der Waals surface area contributed by atoms with E-state index in [1.165, 1.54) is 141 Å². The number of hydrogen-bond donors (Lipinski definition) is 3. The van der Waals surface area contributed by atoms with Crippen LogP contribution in [0, 0.1) is 17.8 Å². The van der Waals surface area contributed by atoms with Crippen molar-refractivity contribution in [2.75, 3.05) is 39.6 Å². The van der Waals surface area contributed by atoms with Gasteiger partial charge in [0.05, 0.1) is 26.4 Å². The van der Waals surface area contributed by atoms with E-state index in [4.69, 9.17) is 37.0 Å². The van der Waals surface area contributed by atoms with Crippen molar-refractivity contribution >= 4 is 39.5 Å². The highest BCUT2D eigenvalue weighted by Crippen LogP contribution is 2.45. The fourth-order valence-corrected chi connectivity index (χ4v) is 11.8. The molecule has 0 rings (SSSR count). The molecule has 0 heterocycles. The number of carbonyl (C=O) groups excluding carboxylic acids is 4. The minimum absolute atomic E-state index is 0.102. The number of esters is 4. The van der Waals surface area contributed by atoms with Crippen LogP contribution < -0.4 is 0 Å². The number of carbonyl (C=O) groups is 4. The smallest absolute Gasteiger partial charge is 0.462 e. The van der Waals surface area contributed by atoms with E-state index in [9.17, 15) is 43.2 Å². The van der Waals surface area contributed by atoms with Crippen LogP contribution in [0.4, 0.5) is 0 Å². The molecular weight excluding hydrogens is 1150 g/mol. The van der Waals surface area contributed by atoms with E-state index >= 15 is 0 Å². The Morgan fingerprint density at radius 3 is 0.782 bits per heavy atom. The van der Waals surface area contributed by atoms with Gasteiger partial charge in [-0.05, 0) is 43.4 Å². The molecule has 0 saturated heterocycles. The molecule has 0 amide bonds. The van der Waals surface area contributed by atoms with Crippen LogP contribution in [0.5, 0.6) is 0 Å². The van der Waals surface area contributed by atoms with Crippen LogP contribution in [0.15, 0.2) is 0 Å². The number of phosphoric acid groups is 2. The van der Waals surface area contributed by atoms with Crippen LogP contribution in [0.25, 0.3) is 0 Å². The lowest BCUT2D eigenvalue weighted by Crippen LogP contribution is -2.30. The van der Waals surface area contributed by atoms with E-state index < -0.39 is 97.5 Å². The maximum Gasteiger partial charge on any atom is 0.472 e. The van der Waals surface area contributed by atoms with Gasteiger partial charge in [-0.15, -0.1) is 0 Å². The second kappa shape index (κ2) is 59.1. The standard InChI is InChI=1S/C68H132O17P2/c1-8-9-10-11-12-13-14-15-16-17-18-19-20-29-37-44-51-67(72)84-63(55-78-65(70)49-42-35-28-22-21-25-32-39-46-59(2)3)57-82-86(74,75)80-53-62(69)54-81-87(76,77)83-58-64(85-68(73)52-45-38-31-24-27-34-41-48-61(6)7)56-79-66(71)50-43-36-30-23-26-33-40-47-60(4)5/h59-64,69H,8-58H2,1-7H3,(H,74,75)(H,76,77)/t62-,63-,64-/m1/s1. The van der Waals surface area contributed by atoms with Crippen molar-refractivity contribution in [3.8, 4) is 0 Å². The van der Waals surface area contributed by atoms with E-state index in [-0.39, 0.29) is 25.7 Å². The van der Waals surface area contributed by atoms with Gasteiger partial charge in [0.2, 0.25) is 0 Å². The van der Waals surface area contributed by atoms with Crippen molar-refractivity contribution in [2.24, 2.45) is 17.8 Å². The van der Waals surface area contributed by atoms with Crippen molar-refractivity contribution in [3.05, 3.63) is 0 Å². The Bertz CT molecular complexity index is 1720. The average Bonchev–Trinajstić information content (AvgIpc) is 3.48. The van der Waals surface area contributed by atoms with Crippen LogP contribution in [-0.2, 0) is 65.4 Å². The fraction of sp³-hybridized carbons (Fsp3) is 0.941. The van der Waals surface area contributed by atoms with Gasteiger partial charge in [-0.25, -0.2) is 9.13 Å². The van der Waals surface area contributed by atoms with Crippen molar-refractivity contribution in [1.82, 2.24) is 0 Å². The van der Waals surface area contributed by atoms with Gasteiger partial charge in [0, 0.05) is 25.7 Å². The molecule has 0 fully saturated rings. The SMILES string of the molecule is CCCCCCCCCCCCCCCCCCC(=O)O[C@H](COC(=O)CCCCCCCCCCC(C)C)COP(=O)(O)OC[C@@H](O)COP(=O)(O)OC[C@@H](COC(=O)CCCCCCCCCC(C)C)OC(=O)CCCCCCCCCC(C)C. The van der Waals surface area contributed by atoms with Crippen molar-refractivity contribution < 1.29 is 80.2 Å². The monoisotopic (exact) mass is 1280 g/mol. The number of phosphoric ester groups is 2. The quantitative estimate of drug-likeness (QED) is 0.0222. The van der Waals surface area contributed by atoms with Gasteiger partial charge in [0.25, 0.3) is 0 Å².